The smallest absolute Gasteiger partial charge is 0.0383 e. The molecule has 0 heterocycles. The molecule has 2 N–H and O–H groups in total. The highest BCUT2D eigenvalue weighted by molar-refractivity contribution is 4.84. The van der Waals surface area contributed by atoms with Gasteiger partial charge in [0.15, 0.2) is 0 Å². The lowest BCUT2D eigenvalue weighted by molar-refractivity contribution is 0.206. The molecule has 0 fully saturated rings. The van der Waals surface area contributed by atoms with E-state index in [-0.39, 0.29) is 5.54 Å². The average molecular weight is 187 g/mol. The van der Waals surface area contributed by atoms with E-state index in [2.05, 4.69) is 44.7 Å². The second-order valence-corrected chi connectivity index (χ2v) is 4.31. The number of nitrogens with two attached hydrogens (primary N) is 1. The molecule has 0 atom stereocenters. The summed E-state index contributed by atoms with van der Waals surface area (Å²) in [6, 6.07) is 0. The fourth-order valence-electron chi connectivity index (χ4n) is 1.51. The predicted octanol–water partition coefficient (Wildman–Crippen LogP) is 0.607. The van der Waals surface area contributed by atoms with Crippen LogP contribution < -0.4 is 5.73 Å². The Kier molecular flexibility index (Phi) is 5.53. The van der Waals surface area contributed by atoms with Crippen molar-refractivity contribution in [2.45, 2.75) is 26.3 Å². The monoisotopic (exact) mass is 187 g/mol. The van der Waals surface area contributed by atoms with Crippen molar-refractivity contribution in [3.63, 3.8) is 0 Å². The van der Waals surface area contributed by atoms with Crippen LogP contribution in [0, 0.1) is 0 Å². The third kappa shape index (κ3) is 6.02. The molecule has 13 heavy (non-hydrogen) atoms. The van der Waals surface area contributed by atoms with Gasteiger partial charge in [0.2, 0.25) is 0 Å². The van der Waals surface area contributed by atoms with Crippen LogP contribution in [-0.4, -0.2) is 55.6 Å². The Morgan fingerprint density at radius 3 is 1.54 bits per heavy atom. The zero-order valence-electron chi connectivity index (χ0n) is 9.80. The van der Waals surface area contributed by atoms with E-state index in [0.717, 1.165) is 26.2 Å². The van der Waals surface area contributed by atoms with Crippen molar-refractivity contribution in [1.29, 1.82) is 0 Å². The largest absolute Gasteiger partial charge is 0.323 e. The predicted molar refractivity (Wildman–Crippen MR) is 58.9 cm³/mol. The van der Waals surface area contributed by atoms with Gasteiger partial charge in [-0.05, 0) is 34.1 Å². The minimum atomic E-state index is -0.102. The second-order valence-electron chi connectivity index (χ2n) is 4.31. The van der Waals surface area contributed by atoms with Crippen molar-refractivity contribution in [2.24, 2.45) is 5.73 Å². The zero-order chi connectivity index (χ0) is 10.5. The standard InChI is InChI=1S/C10H25N3/c1-6-12(4)8-10(3,11)9-13(5)7-2/h6-9,11H2,1-5H3. The summed E-state index contributed by atoms with van der Waals surface area (Å²) in [4.78, 5) is 4.51. The molecule has 3 nitrogen and oxygen atoms in total. The molecular formula is C10H25N3. The minimum Gasteiger partial charge on any atom is -0.323 e. The summed E-state index contributed by atoms with van der Waals surface area (Å²) in [5.74, 6) is 0. The lowest BCUT2D eigenvalue weighted by Crippen LogP contribution is -2.53. The topological polar surface area (TPSA) is 32.5 Å². The summed E-state index contributed by atoms with van der Waals surface area (Å²) in [5.41, 5.74) is 6.08. The van der Waals surface area contributed by atoms with Crippen LogP contribution in [0.2, 0.25) is 0 Å². The molecule has 80 valence electrons. The minimum absolute atomic E-state index is 0.102. The van der Waals surface area contributed by atoms with Crippen LogP contribution in [0.3, 0.4) is 0 Å². The fourth-order valence-corrected chi connectivity index (χ4v) is 1.51. The molecule has 0 aliphatic rings. The van der Waals surface area contributed by atoms with E-state index in [4.69, 9.17) is 5.73 Å². The third-order valence-corrected chi connectivity index (χ3v) is 2.34. The lowest BCUT2D eigenvalue weighted by Gasteiger charge is -2.33. The van der Waals surface area contributed by atoms with Crippen LogP contribution in [0.5, 0.6) is 0 Å². The average Bonchev–Trinajstić information content (AvgIpc) is 2.02. The Morgan fingerprint density at radius 1 is 1.00 bits per heavy atom. The Hall–Kier alpha value is -0.120. The van der Waals surface area contributed by atoms with Gasteiger partial charge in [-0.25, -0.2) is 0 Å². The normalized spacial score (nSPS) is 12.9. The SMILES string of the molecule is CCN(C)CC(C)(N)CN(C)CC. The van der Waals surface area contributed by atoms with Crippen LogP contribution in [0.15, 0.2) is 0 Å². The van der Waals surface area contributed by atoms with Gasteiger partial charge in [0.25, 0.3) is 0 Å². The molecule has 0 saturated carbocycles. The number of likely N-dealkylation sites (N-methyl/N-ethyl adjacent to an activating group) is 2. The fraction of sp³-hybridized carbons (Fsp3) is 1.00. The van der Waals surface area contributed by atoms with Gasteiger partial charge in [0.05, 0.1) is 0 Å². The van der Waals surface area contributed by atoms with E-state index < -0.39 is 0 Å². The highest BCUT2D eigenvalue weighted by Gasteiger charge is 2.21. The van der Waals surface area contributed by atoms with Gasteiger partial charge in [0.1, 0.15) is 0 Å². The second kappa shape index (κ2) is 5.58. The summed E-state index contributed by atoms with van der Waals surface area (Å²) in [6.07, 6.45) is 0. The molecule has 0 amide bonds. The van der Waals surface area contributed by atoms with E-state index in [0.29, 0.717) is 0 Å². The van der Waals surface area contributed by atoms with Gasteiger partial charge in [-0.2, -0.15) is 0 Å². The van der Waals surface area contributed by atoms with Gasteiger partial charge < -0.3 is 15.5 Å². The first kappa shape index (κ1) is 12.9. The quantitative estimate of drug-likeness (QED) is 0.661. The third-order valence-electron chi connectivity index (χ3n) is 2.34. The van der Waals surface area contributed by atoms with Gasteiger partial charge in [0, 0.05) is 18.6 Å². The molecular weight excluding hydrogens is 162 g/mol. The van der Waals surface area contributed by atoms with E-state index in [9.17, 15) is 0 Å². The van der Waals surface area contributed by atoms with Crippen molar-refractivity contribution in [3.05, 3.63) is 0 Å². The van der Waals surface area contributed by atoms with Crippen molar-refractivity contribution >= 4 is 0 Å². The summed E-state index contributed by atoms with van der Waals surface area (Å²) < 4.78 is 0. The number of hydrogen-bond donors (Lipinski definition) is 1. The molecule has 0 saturated heterocycles. The molecule has 0 rings (SSSR count). The van der Waals surface area contributed by atoms with Crippen LogP contribution in [0.25, 0.3) is 0 Å². The maximum atomic E-state index is 6.19. The summed E-state index contributed by atoms with van der Waals surface area (Å²) in [7, 11) is 4.22. The van der Waals surface area contributed by atoms with Crippen molar-refractivity contribution in [1.82, 2.24) is 9.80 Å². The Bertz CT molecular complexity index is 120. The molecule has 0 aliphatic heterocycles. The maximum absolute atomic E-state index is 6.19. The van der Waals surface area contributed by atoms with Crippen LogP contribution in [-0.2, 0) is 0 Å². The summed E-state index contributed by atoms with van der Waals surface area (Å²) in [6.45, 7) is 10.4. The van der Waals surface area contributed by atoms with Gasteiger partial charge in [-0.15, -0.1) is 0 Å². The lowest BCUT2D eigenvalue weighted by atomic mass is 10.0. The Morgan fingerprint density at radius 2 is 1.31 bits per heavy atom. The molecule has 0 aliphatic carbocycles. The first-order chi connectivity index (χ1) is 5.91. The molecule has 0 aromatic carbocycles. The Labute approximate surface area is 82.9 Å². The molecule has 0 radical (unpaired) electrons. The van der Waals surface area contributed by atoms with Crippen molar-refractivity contribution in [3.8, 4) is 0 Å². The van der Waals surface area contributed by atoms with Crippen LogP contribution >= 0.6 is 0 Å². The van der Waals surface area contributed by atoms with Crippen LogP contribution in [0.1, 0.15) is 20.8 Å². The summed E-state index contributed by atoms with van der Waals surface area (Å²) >= 11 is 0. The molecule has 0 unspecified atom stereocenters. The van der Waals surface area contributed by atoms with E-state index >= 15 is 0 Å². The van der Waals surface area contributed by atoms with Crippen LogP contribution in [0.4, 0.5) is 0 Å². The summed E-state index contributed by atoms with van der Waals surface area (Å²) in [5, 5.41) is 0. The molecule has 0 aromatic heterocycles. The molecule has 0 spiro atoms. The zero-order valence-corrected chi connectivity index (χ0v) is 9.80. The maximum Gasteiger partial charge on any atom is 0.0383 e. The van der Waals surface area contributed by atoms with E-state index in [1.54, 1.807) is 0 Å². The number of rotatable bonds is 6. The molecule has 0 aromatic rings. The van der Waals surface area contributed by atoms with Gasteiger partial charge >= 0.3 is 0 Å². The van der Waals surface area contributed by atoms with Gasteiger partial charge in [-0.1, -0.05) is 13.8 Å². The molecule has 3 heteroatoms. The van der Waals surface area contributed by atoms with E-state index in [1.807, 2.05) is 0 Å². The van der Waals surface area contributed by atoms with E-state index in [1.165, 1.54) is 0 Å². The van der Waals surface area contributed by atoms with Crippen molar-refractivity contribution < 1.29 is 0 Å². The molecule has 0 bridgehead atoms. The first-order valence-electron chi connectivity index (χ1n) is 5.07. The highest BCUT2D eigenvalue weighted by Crippen LogP contribution is 2.03. The highest BCUT2D eigenvalue weighted by atomic mass is 15.2. The number of nitrogens with zero attached hydrogens (tertiary/aromatic N) is 2. The number of hydrogen-bond acceptors (Lipinski definition) is 3. The van der Waals surface area contributed by atoms with Gasteiger partial charge in [-0.3, -0.25) is 0 Å². The Balaban J connectivity index is 3.92. The first-order valence-corrected chi connectivity index (χ1v) is 5.07. The van der Waals surface area contributed by atoms with Crippen molar-refractivity contribution in [2.75, 3.05) is 40.3 Å².